The smallest absolute Gasteiger partial charge is 0.101 e. The van der Waals surface area contributed by atoms with Gasteiger partial charge in [0.05, 0.1) is 19.8 Å². The standard InChI is InChI=1S/C7H16N2O/c8-2-1-3-9-4-6-10-7-5-9/h1-8H2/p+1. The van der Waals surface area contributed by atoms with Crippen LogP contribution in [0.2, 0.25) is 0 Å². The summed E-state index contributed by atoms with van der Waals surface area (Å²) >= 11 is 0. The van der Waals surface area contributed by atoms with Gasteiger partial charge in [-0.3, -0.25) is 0 Å². The molecule has 0 aromatic heterocycles. The van der Waals surface area contributed by atoms with E-state index in [0.717, 1.165) is 26.2 Å². The van der Waals surface area contributed by atoms with Crippen LogP contribution in [0.3, 0.4) is 0 Å². The van der Waals surface area contributed by atoms with Crippen molar-refractivity contribution in [2.24, 2.45) is 5.73 Å². The topological polar surface area (TPSA) is 39.7 Å². The number of rotatable bonds is 3. The Morgan fingerprint density at radius 3 is 2.60 bits per heavy atom. The first kappa shape index (κ1) is 7.98. The SMILES string of the molecule is NCCC[NH+]1CCOCC1. The minimum Gasteiger partial charge on any atom is -0.370 e. The summed E-state index contributed by atoms with van der Waals surface area (Å²) in [6.45, 7) is 6.24. The van der Waals surface area contributed by atoms with Crippen LogP contribution in [0.15, 0.2) is 0 Å². The van der Waals surface area contributed by atoms with Crippen LogP contribution < -0.4 is 10.6 Å². The van der Waals surface area contributed by atoms with Crippen molar-refractivity contribution in [1.29, 1.82) is 0 Å². The summed E-state index contributed by atoms with van der Waals surface area (Å²) in [5, 5.41) is 0. The molecule has 1 heterocycles. The van der Waals surface area contributed by atoms with Crippen molar-refractivity contribution >= 4 is 0 Å². The Labute approximate surface area is 62.1 Å². The number of hydrogen-bond acceptors (Lipinski definition) is 2. The second-order valence-electron chi connectivity index (χ2n) is 2.75. The third kappa shape index (κ3) is 2.64. The van der Waals surface area contributed by atoms with E-state index in [9.17, 15) is 0 Å². The van der Waals surface area contributed by atoms with Gasteiger partial charge in [0.2, 0.25) is 0 Å². The quantitative estimate of drug-likeness (QED) is 0.494. The largest absolute Gasteiger partial charge is 0.370 e. The van der Waals surface area contributed by atoms with Gasteiger partial charge in [0, 0.05) is 6.42 Å². The van der Waals surface area contributed by atoms with Crippen molar-refractivity contribution in [1.82, 2.24) is 0 Å². The summed E-state index contributed by atoms with van der Waals surface area (Å²) in [5.74, 6) is 0. The highest BCUT2D eigenvalue weighted by Gasteiger charge is 2.11. The molecule has 0 aromatic carbocycles. The Hall–Kier alpha value is -0.120. The van der Waals surface area contributed by atoms with Gasteiger partial charge in [0.15, 0.2) is 0 Å². The van der Waals surface area contributed by atoms with E-state index in [-0.39, 0.29) is 0 Å². The van der Waals surface area contributed by atoms with Gasteiger partial charge in [-0.15, -0.1) is 0 Å². The predicted octanol–water partition coefficient (Wildman–Crippen LogP) is -1.75. The fourth-order valence-corrected chi connectivity index (χ4v) is 1.26. The molecule has 0 saturated carbocycles. The van der Waals surface area contributed by atoms with Crippen molar-refractivity contribution in [2.45, 2.75) is 6.42 Å². The van der Waals surface area contributed by atoms with Crippen molar-refractivity contribution in [3.63, 3.8) is 0 Å². The average Bonchev–Trinajstić information content (AvgIpc) is 2.03. The molecule has 10 heavy (non-hydrogen) atoms. The van der Waals surface area contributed by atoms with E-state index < -0.39 is 0 Å². The number of morpholine rings is 1. The summed E-state index contributed by atoms with van der Waals surface area (Å²) in [7, 11) is 0. The number of ether oxygens (including phenoxy) is 1. The minimum atomic E-state index is 0.824. The van der Waals surface area contributed by atoms with Gasteiger partial charge in [-0.1, -0.05) is 0 Å². The van der Waals surface area contributed by atoms with Crippen LogP contribution in [0.4, 0.5) is 0 Å². The van der Waals surface area contributed by atoms with Crippen LogP contribution in [0, 0.1) is 0 Å². The molecule has 1 aliphatic rings. The van der Waals surface area contributed by atoms with Gasteiger partial charge in [-0.25, -0.2) is 0 Å². The molecule has 0 unspecified atom stereocenters. The highest BCUT2D eigenvalue weighted by Crippen LogP contribution is 1.75. The summed E-state index contributed by atoms with van der Waals surface area (Å²) in [6.07, 6.45) is 1.15. The lowest BCUT2D eigenvalue weighted by molar-refractivity contribution is -0.908. The van der Waals surface area contributed by atoms with E-state index in [4.69, 9.17) is 10.5 Å². The van der Waals surface area contributed by atoms with Crippen LogP contribution in [0.25, 0.3) is 0 Å². The van der Waals surface area contributed by atoms with Gasteiger partial charge < -0.3 is 15.4 Å². The van der Waals surface area contributed by atoms with Gasteiger partial charge >= 0.3 is 0 Å². The molecule has 3 heteroatoms. The van der Waals surface area contributed by atoms with Crippen LogP contribution in [0.1, 0.15) is 6.42 Å². The maximum atomic E-state index is 5.40. The fraction of sp³-hybridized carbons (Fsp3) is 1.00. The maximum absolute atomic E-state index is 5.40. The lowest BCUT2D eigenvalue weighted by Crippen LogP contribution is -3.14. The molecule has 0 aromatic rings. The molecule has 0 aliphatic carbocycles. The highest BCUT2D eigenvalue weighted by molar-refractivity contribution is 4.40. The summed E-state index contributed by atoms with van der Waals surface area (Å²) < 4.78 is 5.23. The van der Waals surface area contributed by atoms with Crippen molar-refractivity contribution in [2.75, 3.05) is 39.4 Å². The molecule has 60 valence electrons. The lowest BCUT2D eigenvalue weighted by atomic mass is 10.3. The van der Waals surface area contributed by atoms with Gasteiger partial charge in [-0.05, 0) is 6.54 Å². The minimum absolute atomic E-state index is 0.824. The van der Waals surface area contributed by atoms with E-state index in [1.165, 1.54) is 19.6 Å². The zero-order chi connectivity index (χ0) is 7.23. The highest BCUT2D eigenvalue weighted by atomic mass is 16.5. The Morgan fingerprint density at radius 2 is 2.00 bits per heavy atom. The van der Waals surface area contributed by atoms with E-state index in [1.54, 1.807) is 4.90 Å². The van der Waals surface area contributed by atoms with E-state index in [0.29, 0.717) is 0 Å². The van der Waals surface area contributed by atoms with Crippen LogP contribution in [-0.4, -0.2) is 39.4 Å². The zero-order valence-electron chi connectivity index (χ0n) is 6.44. The molecule has 1 fully saturated rings. The molecule has 3 nitrogen and oxygen atoms in total. The van der Waals surface area contributed by atoms with Crippen LogP contribution >= 0.6 is 0 Å². The van der Waals surface area contributed by atoms with E-state index in [1.807, 2.05) is 0 Å². The normalized spacial score (nSPS) is 21.3. The molecule has 0 bridgehead atoms. The summed E-state index contributed by atoms with van der Waals surface area (Å²) in [5.41, 5.74) is 5.40. The number of hydrogen-bond donors (Lipinski definition) is 2. The van der Waals surface area contributed by atoms with Crippen molar-refractivity contribution in [3.8, 4) is 0 Å². The maximum Gasteiger partial charge on any atom is 0.101 e. The summed E-state index contributed by atoms with van der Waals surface area (Å²) in [6, 6.07) is 0. The number of nitrogens with one attached hydrogen (secondary N) is 1. The molecule has 0 radical (unpaired) electrons. The Bertz CT molecular complexity index is 81.7. The van der Waals surface area contributed by atoms with Crippen LogP contribution in [0.5, 0.6) is 0 Å². The lowest BCUT2D eigenvalue weighted by Gasteiger charge is -2.23. The molecule has 1 rings (SSSR count). The van der Waals surface area contributed by atoms with Gasteiger partial charge in [0.25, 0.3) is 0 Å². The molecule has 3 N–H and O–H groups in total. The molecule has 0 amide bonds. The molecular weight excluding hydrogens is 128 g/mol. The predicted molar refractivity (Wildman–Crippen MR) is 40.1 cm³/mol. The molecular formula is C7H17N2O+. The molecule has 1 saturated heterocycles. The van der Waals surface area contributed by atoms with Crippen molar-refractivity contribution < 1.29 is 9.64 Å². The second-order valence-corrected chi connectivity index (χ2v) is 2.75. The molecule has 0 spiro atoms. The first-order valence-electron chi connectivity index (χ1n) is 4.05. The third-order valence-corrected chi connectivity index (χ3v) is 1.93. The average molecular weight is 145 g/mol. The van der Waals surface area contributed by atoms with Gasteiger partial charge in [0.1, 0.15) is 13.1 Å². The Morgan fingerprint density at radius 1 is 1.30 bits per heavy atom. The number of nitrogens with two attached hydrogens (primary N) is 1. The Kier molecular flexibility index (Phi) is 3.72. The van der Waals surface area contributed by atoms with E-state index >= 15 is 0 Å². The molecule has 1 aliphatic heterocycles. The Balaban J connectivity index is 2.02. The monoisotopic (exact) mass is 145 g/mol. The first-order chi connectivity index (χ1) is 4.93. The van der Waals surface area contributed by atoms with Crippen LogP contribution in [-0.2, 0) is 4.74 Å². The number of quaternary nitrogens is 1. The second kappa shape index (κ2) is 4.66. The van der Waals surface area contributed by atoms with Crippen molar-refractivity contribution in [3.05, 3.63) is 0 Å². The first-order valence-corrected chi connectivity index (χ1v) is 4.05. The third-order valence-electron chi connectivity index (χ3n) is 1.93. The van der Waals surface area contributed by atoms with E-state index in [2.05, 4.69) is 0 Å². The molecule has 0 atom stereocenters. The summed E-state index contributed by atoms with van der Waals surface area (Å²) in [4.78, 5) is 1.65. The fourth-order valence-electron chi connectivity index (χ4n) is 1.26. The zero-order valence-corrected chi connectivity index (χ0v) is 6.44. The van der Waals surface area contributed by atoms with Gasteiger partial charge in [-0.2, -0.15) is 0 Å².